The van der Waals surface area contributed by atoms with Gasteiger partial charge in [-0.05, 0) is 101 Å². The molecule has 11 rings (SSSR count). The second-order valence-corrected chi connectivity index (χ2v) is 14.2. The van der Waals surface area contributed by atoms with Crippen molar-refractivity contribution < 1.29 is 0 Å². The Morgan fingerprint density at radius 1 is 0.309 bits per heavy atom. The third kappa shape index (κ3) is 5.05. The molecule has 0 radical (unpaired) electrons. The van der Waals surface area contributed by atoms with Crippen LogP contribution >= 0.6 is 0 Å². The van der Waals surface area contributed by atoms with E-state index in [9.17, 15) is 0 Å². The predicted molar refractivity (Wildman–Crippen MR) is 233 cm³/mol. The quantitative estimate of drug-likeness (QED) is 0.168. The molecular formula is C52H35N3. The Morgan fingerprint density at radius 3 is 1.55 bits per heavy atom. The van der Waals surface area contributed by atoms with E-state index in [0.29, 0.717) is 0 Å². The maximum atomic E-state index is 2.42. The molecule has 9 aromatic carbocycles. The fraction of sp³-hybridized carbons (Fsp3) is 0. The van der Waals surface area contributed by atoms with Gasteiger partial charge in [0, 0.05) is 49.9 Å². The highest BCUT2D eigenvalue weighted by Crippen LogP contribution is 2.44. The molecule has 0 atom stereocenters. The second-order valence-electron chi connectivity index (χ2n) is 14.2. The maximum absolute atomic E-state index is 2.42. The molecule has 55 heavy (non-hydrogen) atoms. The number of hydrogen-bond acceptors (Lipinski definition) is 1. The zero-order valence-corrected chi connectivity index (χ0v) is 30.0. The first-order chi connectivity index (χ1) is 27.3. The molecule has 11 aromatic rings. The Kier molecular flexibility index (Phi) is 7.17. The molecule has 0 aliphatic rings. The minimum Gasteiger partial charge on any atom is -0.310 e. The normalized spacial score (nSPS) is 11.6. The molecule has 0 amide bonds. The summed E-state index contributed by atoms with van der Waals surface area (Å²) in [7, 11) is 0. The van der Waals surface area contributed by atoms with Crippen LogP contribution < -0.4 is 4.90 Å². The maximum Gasteiger partial charge on any atom is 0.0547 e. The van der Waals surface area contributed by atoms with E-state index in [2.05, 4.69) is 226 Å². The van der Waals surface area contributed by atoms with Gasteiger partial charge >= 0.3 is 0 Å². The number of nitrogens with zero attached hydrogens (tertiary/aromatic N) is 3. The Labute approximate surface area is 319 Å². The van der Waals surface area contributed by atoms with Crippen molar-refractivity contribution in [3.05, 3.63) is 212 Å². The van der Waals surface area contributed by atoms with Crippen molar-refractivity contribution in [3.63, 3.8) is 0 Å². The van der Waals surface area contributed by atoms with Gasteiger partial charge in [0.05, 0.1) is 27.8 Å². The van der Waals surface area contributed by atoms with Crippen LogP contribution in [-0.2, 0) is 0 Å². The van der Waals surface area contributed by atoms with Gasteiger partial charge in [0.1, 0.15) is 0 Å². The molecule has 2 aromatic heterocycles. The predicted octanol–water partition coefficient (Wildman–Crippen LogP) is 14.2. The molecule has 0 N–H and O–H groups in total. The van der Waals surface area contributed by atoms with Crippen molar-refractivity contribution in [1.29, 1.82) is 0 Å². The van der Waals surface area contributed by atoms with Crippen LogP contribution in [0.25, 0.3) is 76.9 Å². The molecule has 0 saturated carbocycles. The van der Waals surface area contributed by atoms with Crippen LogP contribution in [-0.4, -0.2) is 9.13 Å². The van der Waals surface area contributed by atoms with E-state index in [1.54, 1.807) is 0 Å². The lowest BCUT2D eigenvalue weighted by atomic mass is 10.0. The Hall–Kier alpha value is -7.36. The number of fused-ring (bicyclic) bond motifs is 7. The highest BCUT2D eigenvalue weighted by Gasteiger charge is 2.21. The lowest BCUT2D eigenvalue weighted by Gasteiger charge is -2.28. The second kappa shape index (κ2) is 12.6. The van der Waals surface area contributed by atoms with Crippen molar-refractivity contribution in [2.24, 2.45) is 0 Å². The summed E-state index contributed by atoms with van der Waals surface area (Å²) in [4.78, 5) is 2.42. The summed E-state index contributed by atoms with van der Waals surface area (Å²) >= 11 is 0. The molecule has 0 bridgehead atoms. The first-order valence-corrected chi connectivity index (χ1v) is 18.9. The van der Waals surface area contributed by atoms with Crippen molar-refractivity contribution in [2.45, 2.75) is 0 Å². The summed E-state index contributed by atoms with van der Waals surface area (Å²) in [5.41, 5.74) is 12.7. The van der Waals surface area contributed by atoms with Gasteiger partial charge in [0.25, 0.3) is 0 Å². The highest BCUT2D eigenvalue weighted by molar-refractivity contribution is 6.14. The van der Waals surface area contributed by atoms with E-state index in [0.717, 1.165) is 28.4 Å². The lowest BCUT2D eigenvalue weighted by molar-refractivity contribution is 1.17. The molecule has 3 heteroatoms. The lowest BCUT2D eigenvalue weighted by Crippen LogP contribution is -2.11. The van der Waals surface area contributed by atoms with Crippen molar-refractivity contribution in [1.82, 2.24) is 9.13 Å². The number of benzene rings is 9. The van der Waals surface area contributed by atoms with E-state index in [1.807, 2.05) is 0 Å². The van der Waals surface area contributed by atoms with Crippen LogP contribution in [0.3, 0.4) is 0 Å². The van der Waals surface area contributed by atoms with Crippen LogP contribution in [0.4, 0.5) is 17.1 Å². The van der Waals surface area contributed by atoms with Gasteiger partial charge in [-0.3, -0.25) is 0 Å². The third-order valence-corrected chi connectivity index (χ3v) is 11.1. The van der Waals surface area contributed by atoms with Crippen LogP contribution in [0, 0.1) is 0 Å². The summed E-state index contributed by atoms with van der Waals surface area (Å²) in [5, 5.41) is 7.46. The van der Waals surface area contributed by atoms with Gasteiger partial charge < -0.3 is 14.0 Å². The number of anilines is 3. The van der Waals surface area contributed by atoms with Gasteiger partial charge in [-0.25, -0.2) is 0 Å². The van der Waals surface area contributed by atoms with Crippen molar-refractivity contribution in [2.75, 3.05) is 4.90 Å². The smallest absolute Gasteiger partial charge is 0.0547 e. The van der Waals surface area contributed by atoms with Gasteiger partial charge in [-0.2, -0.15) is 0 Å². The van der Waals surface area contributed by atoms with E-state index in [4.69, 9.17) is 0 Å². The topological polar surface area (TPSA) is 13.1 Å². The Balaban J connectivity index is 1.12. The molecular weight excluding hydrogens is 667 g/mol. The molecule has 0 spiro atoms. The third-order valence-electron chi connectivity index (χ3n) is 11.1. The van der Waals surface area contributed by atoms with Crippen molar-refractivity contribution >= 4 is 71.4 Å². The average Bonchev–Trinajstić information content (AvgIpc) is 3.76. The molecule has 3 nitrogen and oxygen atoms in total. The molecule has 2 heterocycles. The Morgan fingerprint density at radius 2 is 0.818 bits per heavy atom. The van der Waals surface area contributed by atoms with Gasteiger partial charge in [-0.1, -0.05) is 127 Å². The first kappa shape index (κ1) is 31.2. The number of para-hydroxylation sites is 4. The molecule has 0 fully saturated rings. The van der Waals surface area contributed by atoms with Gasteiger partial charge in [-0.15, -0.1) is 0 Å². The zero-order chi connectivity index (χ0) is 36.3. The van der Waals surface area contributed by atoms with Gasteiger partial charge in [0.15, 0.2) is 0 Å². The highest BCUT2D eigenvalue weighted by atomic mass is 15.1. The molecule has 258 valence electrons. The van der Waals surface area contributed by atoms with E-state index >= 15 is 0 Å². The summed E-state index contributed by atoms with van der Waals surface area (Å²) in [6.45, 7) is 0. The fourth-order valence-electron chi connectivity index (χ4n) is 8.60. The fourth-order valence-corrected chi connectivity index (χ4v) is 8.60. The number of rotatable bonds is 6. The molecule has 0 saturated heterocycles. The SMILES string of the molecule is c1ccc(-c2ccccc2N(c2ccc(-n3c4ccccc4c4cc5ccccc5cc43)cc2)c2ccc3c(c2)c2ccccc2n3-c2ccccc2)cc1. The van der Waals surface area contributed by atoms with Crippen LogP contribution in [0.2, 0.25) is 0 Å². The summed E-state index contributed by atoms with van der Waals surface area (Å²) < 4.78 is 4.79. The summed E-state index contributed by atoms with van der Waals surface area (Å²) in [6.07, 6.45) is 0. The summed E-state index contributed by atoms with van der Waals surface area (Å²) in [5.74, 6) is 0. The molecule has 0 unspecified atom stereocenters. The minimum atomic E-state index is 1.09. The number of hydrogen-bond donors (Lipinski definition) is 0. The first-order valence-electron chi connectivity index (χ1n) is 18.9. The number of aromatic nitrogens is 2. The van der Waals surface area contributed by atoms with Gasteiger partial charge in [0.2, 0.25) is 0 Å². The van der Waals surface area contributed by atoms with Crippen molar-refractivity contribution in [3.8, 4) is 22.5 Å². The van der Waals surface area contributed by atoms with E-state index in [-0.39, 0.29) is 0 Å². The van der Waals surface area contributed by atoms with Crippen LogP contribution in [0.15, 0.2) is 212 Å². The van der Waals surface area contributed by atoms with Crippen LogP contribution in [0.5, 0.6) is 0 Å². The molecule has 0 aliphatic carbocycles. The Bertz CT molecular complexity index is 3190. The largest absolute Gasteiger partial charge is 0.310 e. The van der Waals surface area contributed by atoms with Crippen LogP contribution in [0.1, 0.15) is 0 Å². The zero-order valence-electron chi connectivity index (χ0n) is 30.0. The molecule has 0 aliphatic heterocycles. The monoisotopic (exact) mass is 701 g/mol. The average molecular weight is 702 g/mol. The van der Waals surface area contributed by atoms with E-state index < -0.39 is 0 Å². The minimum absolute atomic E-state index is 1.09. The van der Waals surface area contributed by atoms with E-state index in [1.165, 1.54) is 65.5 Å². The standard InChI is InChI=1S/C52H35N3/c1-3-15-36(16-4-1)43-21-9-12-24-48(43)53(42-31-32-51-47(35-42)45-23-11-13-25-49(45)54(51)39-19-5-2-6-20-39)40-27-29-41(30-28-40)55-50-26-14-10-22-44(50)46-33-37-17-7-8-18-38(37)34-52(46)55/h1-35H. The summed E-state index contributed by atoms with van der Waals surface area (Å²) in [6, 6.07) is 76.9.